The van der Waals surface area contributed by atoms with Crippen molar-refractivity contribution in [2.75, 3.05) is 13.7 Å². The van der Waals surface area contributed by atoms with Crippen molar-refractivity contribution < 1.29 is 9.53 Å². The van der Waals surface area contributed by atoms with Crippen LogP contribution in [0, 0.1) is 0 Å². The molecule has 5 nitrogen and oxygen atoms in total. The van der Waals surface area contributed by atoms with E-state index in [9.17, 15) is 4.79 Å². The van der Waals surface area contributed by atoms with Gasteiger partial charge in [-0.3, -0.25) is 0 Å². The number of amides is 1. The van der Waals surface area contributed by atoms with E-state index in [0.717, 1.165) is 24.1 Å². The first-order chi connectivity index (χ1) is 9.69. The van der Waals surface area contributed by atoms with Crippen LogP contribution in [0.4, 0.5) is 4.79 Å². The fraction of sp³-hybridized carbons (Fsp3) is 0.286. The van der Waals surface area contributed by atoms with Gasteiger partial charge in [0.25, 0.3) is 0 Å². The Morgan fingerprint density at radius 3 is 2.85 bits per heavy atom. The summed E-state index contributed by atoms with van der Waals surface area (Å²) >= 11 is 5.85. The zero-order valence-corrected chi connectivity index (χ0v) is 11.9. The lowest BCUT2D eigenvalue weighted by Gasteiger charge is -2.02. The average Bonchev–Trinajstić information content (AvgIpc) is 2.93. The maximum absolute atomic E-state index is 10.9. The molecule has 0 saturated carbocycles. The van der Waals surface area contributed by atoms with Gasteiger partial charge in [0.05, 0.1) is 19.0 Å². The summed E-state index contributed by atoms with van der Waals surface area (Å²) in [6.45, 7) is 0.582. The lowest BCUT2D eigenvalue weighted by Crippen LogP contribution is -2.24. The second-order valence-corrected chi connectivity index (χ2v) is 4.73. The molecule has 0 aliphatic heterocycles. The molecule has 1 aromatic heterocycles. The number of nitrogens with zero attached hydrogens (tertiary/aromatic N) is 2. The molecule has 2 aromatic rings. The summed E-state index contributed by atoms with van der Waals surface area (Å²) in [6, 6.07) is 7.49. The third kappa shape index (κ3) is 3.99. The van der Waals surface area contributed by atoms with Crippen molar-refractivity contribution in [1.82, 2.24) is 15.1 Å². The number of nitrogens with one attached hydrogen (secondary N) is 1. The summed E-state index contributed by atoms with van der Waals surface area (Å²) in [7, 11) is 1.35. The van der Waals surface area contributed by atoms with Crippen molar-refractivity contribution in [2.24, 2.45) is 0 Å². The molecule has 0 aliphatic rings. The van der Waals surface area contributed by atoms with Gasteiger partial charge in [-0.2, -0.15) is 5.10 Å². The second-order valence-electron chi connectivity index (χ2n) is 4.29. The number of alkyl carbamates (subject to hydrolysis) is 1. The van der Waals surface area contributed by atoms with Crippen LogP contribution < -0.4 is 5.32 Å². The number of ether oxygens (including phenoxy) is 1. The van der Waals surface area contributed by atoms with E-state index in [0.29, 0.717) is 11.6 Å². The van der Waals surface area contributed by atoms with Gasteiger partial charge in [-0.05, 0) is 42.7 Å². The van der Waals surface area contributed by atoms with Crippen molar-refractivity contribution in [2.45, 2.75) is 12.8 Å². The second kappa shape index (κ2) is 6.96. The normalized spacial score (nSPS) is 10.3. The predicted octanol–water partition coefficient (Wildman–Crippen LogP) is 2.81. The van der Waals surface area contributed by atoms with Crippen LogP contribution in [0.15, 0.2) is 36.7 Å². The van der Waals surface area contributed by atoms with Gasteiger partial charge >= 0.3 is 6.09 Å². The lowest BCUT2D eigenvalue weighted by molar-refractivity contribution is 0.171. The Morgan fingerprint density at radius 1 is 1.40 bits per heavy atom. The van der Waals surface area contributed by atoms with Gasteiger partial charge < -0.3 is 10.1 Å². The molecule has 1 amide bonds. The molecule has 2 rings (SSSR count). The van der Waals surface area contributed by atoms with E-state index >= 15 is 0 Å². The highest BCUT2D eigenvalue weighted by atomic mass is 35.5. The zero-order chi connectivity index (χ0) is 14.4. The molecule has 0 spiro atoms. The van der Waals surface area contributed by atoms with E-state index < -0.39 is 6.09 Å². The van der Waals surface area contributed by atoms with Gasteiger partial charge in [0.15, 0.2) is 0 Å². The smallest absolute Gasteiger partial charge is 0.406 e. The Morgan fingerprint density at radius 2 is 2.15 bits per heavy atom. The molecule has 20 heavy (non-hydrogen) atoms. The van der Waals surface area contributed by atoms with Crippen LogP contribution in [0.1, 0.15) is 12.0 Å². The fourth-order valence-corrected chi connectivity index (χ4v) is 1.91. The molecule has 1 N–H and O–H groups in total. The van der Waals surface area contributed by atoms with Crippen LogP contribution in [0.2, 0.25) is 5.02 Å². The number of carbonyl (C=O) groups excluding carboxylic acids is 1. The Labute approximate surface area is 122 Å². The monoisotopic (exact) mass is 293 g/mol. The van der Waals surface area contributed by atoms with E-state index in [2.05, 4.69) is 15.2 Å². The van der Waals surface area contributed by atoms with Crippen LogP contribution in [-0.4, -0.2) is 29.5 Å². The molecule has 0 aliphatic carbocycles. The standard InChI is InChI=1S/C14H16ClN3O2/c1-20-14(19)16-8-2-3-11-9-17-18(10-11)13-6-4-12(15)5-7-13/h4-7,9-10H,2-3,8H2,1H3,(H,16,19). The van der Waals surface area contributed by atoms with E-state index in [4.69, 9.17) is 11.6 Å². The lowest BCUT2D eigenvalue weighted by atomic mass is 10.2. The van der Waals surface area contributed by atoms with E-state index in [1.165, 1.54) is 7.11 Å². The number of carbonyl (C=O) groups is 1. The first kappa shape index (κ1) is 14.4. The first-order valence-corrected chi connectivity index (χ1v) is 6.68. The largest absolute Gasteiger partial charge is 0.453 e. The number of benzene rings is 1. The van der Waals surface area contributed by atoms with Crippen molar-refractivity contribution in [3.8, 4) is 5.69 Å². The predicted molar refractivity (Wildman–Crippen MR) is 77.3 cm³/mol. The molecule has 6 heteroatoms. The highest BCUT2D eigenvalue weighted by Crippen LogP contribution is 2.13. The maximum Gasteiger partial charge on any atom is 0.406 e. The van der Waals surface area contributed by atoms with Gasteiger partial charge in [-0.25, -0.2) is 9.48 Å². The molecule has 0 unspecified atom stereocenters. The molecule has 0 saturated heterocycles. The summed E-state index contributed by atoms with van der Waals surface area (Å²) in [6.07, 6.45) is 5.08. The molecule has 106 valence electrons. The number of rotatable bonds is 5. The molecular formula is C14H16ClN3O2. The molecule has 1 heterocycles. The quantitative estimate of drug-likeness (QED) is 0.863. The third-order valence-electron chi connectivity index (χ3n) is 2.82. The van der Waals surface area contributed by atoms with Crippen molar-refractivity contribution >= 4 is 17.7 Å². The Balaban J connectivity index is 1.86. The number of aryl methyl sites for hydroxylation is 1. The van der Waals surface area contributed by atoms with Crippen LogP contribution in [-0.2, 0) is 11.2 Å². The third-order valence-corrected chi connectivity index (χ3v) is 3.08. The SMILES string of the molecule is COC(=O)NCCCc1cnn(-c2ccc(Cl)cc2)c1. The Hall–Kier alpha value is -2.01. The van der Waals surface area contributed by atoms with Crippen molar-refractivity contribution in [1.29, 1.82) is 0 Å². The van der Waals surface area contributed by atoms with E-state index in [1.807, 2.05) is 36.7 Å². The van der Waals surface area contributed by atoms with E-state index in [1.54, 1.807) is 4.68 Å². The van der Waals surface area contributed by atoms with Crippen molar-refractivity contribution in [3.63, 3.8) is 0 Å². The summed E-state index contributed by atoms with van der Waals surface area (Å²) < 4.78 is 6.30. The molecule has 0 radical (unpaired) electrons. The summed E-state index contributed by atoms with van der Waals surface area (Å²) in [4.78, 5) is 10.9. The number of halogens is 1. The molecule has 0 fully saturated rings. The Bertz CT molecular complexity index is 566. The van der Waals surface area contributed by atoms with Gasteiger partial charge in [0.1, 0.15) is 0 Å². The molecule has 0 atom stereocenters. The van der Waals surface area contributed by atoms with Gasteiger partial charge in [0.2, 0.25) is 0 Å². The highest BCUT2D eigenvalue weighted by molar-refractivity contribution is 6.30. The number of hydrogen-bond donors (Lipinski definition) is 1. The topological polar surface area (TPSA) is 56.1 Å². The maximum atomic E-state index is 10.9. The Kier molecular flexibility index (Phi) is 5.01. The van der Waals surface area contributed by atoms with Gasteiger partial charge in [-0.1, -0.05) is 11.6 Å². The summed E-state index contributed by atoms with van der Waals surface area (Å²) in [5, 5.41) is 7.66. The number of methoxy groups -OCH3 is 1. The van der Waals surface area contributed by atoms with Crippen LogP contribution in [0.3, 0.4) is 0 Å². The molecule has 1 aromatic carbocycles. The zero-order valence-electron chi connectivity index (χ0n) is 11.2. The fourth-order valence-electron chi connectivity index (χ4n) is 1.78. The number of hydrogen-bond acceptors (Lipinski definition) is 3. The van der Waals surface area contributed by atoms with Gasteiger partial charge in [-0.15, -0.1) is 0 Å². The van der Waals surface area contributed by atoms with Crippen molar-refractivity contribution in [3.05, 3.63) is 47.2 Å². The minimum atomic E-state index is -0.401. The minimum Gasteiger partial charge on any atom is -0.453 e. The summed E-state index contributed by atoms with van der Waals surface area (Å²) in [5.41, 5.74) is 2.08. The van der Waals surface area contributed by atoms with Crippen LogP contribution in [0.25, 0.3) is 5.69 Å². The van der Waals surface area contributed by atoms with E-state index in [-0.39, 0.29) is 0 Å². The molecular weight excluding hydrogens is 278 g/mol. The number of aromatic nitrogens is 2. The van der Waals surface area contributed by atoms with Crippen LogP contribution >= 0.6 is 11.6 Å². The van der Waals surface area contributed by atoms with Gasteiger partial charge in [0, 0.05) is 17.8 Å². The average molecular weight is 294 g/mol. The van der Waals surface area contributed by atoms with Crippen LogP contribution in [0.5, 0.6) is 0 Å². The first-order valence-electron chi connectivity index (χ1n) is 6.30. The molecule has 0 bridgehead atoms. The highest BCUT2D eigenvalue weighted by Gasteiger charge is 2.02. The minimum absolute atomic E-state index is 0.401. The summed E-state index contributed by atoms with van der Waals surface area (Å²) in [5.74, 6) is 0.